The molecule has 0 aliphatic heterocycles. The Morgan fingerprint density at radius 2 is 1.19 bits per heavy atom. The minimum absolute atomic E-state index is 0.107. The lowest BCUT2D eigenvalue weighted by Crippen LogP contribution is -2.18. The number of benzene rings is 3. The lowest BCUT2D eigenvalue weighted by molar-refractivity contribution is 0.0285. The van der Waals surface area contributed by atoms with E-state index >= 15 is 0 Å². The zero-order valence-electron chi connectivity index (χ0n) is 21.7. The fraction of sp³-hybridized carbons (Fsp3) is 0.355. The first-order valence-corrected chi connectivity index (χ1v) is 12.8. The van der Waals surface area contributed by atoms with Gasteiger partial charge < -0.3 is 14.2 Å². The number of hydrogen-bond acceptors (Lipinski definition) is 5. The molecule has 0 N–H and O–H groups in total. The molecule has 0 amide bonds. The van der Waals surface area contributed by atoms with Gasteiger partial charge in [0.15, 0.2) is 0 Å². The van der Waals surface area contributed by atoms with Crippen molar-refractivity contribution in [2.45, 2.75) is 59.5 Å². The van der Waals surface area contributed by atoms with Crippen LogP contribution in [-0.2, 0) is 4.74 Å². The zero-order valence-corrected chi connectivity index (χ0v) is 21.7. The van der Waals surface area contributed by atoms with E-state index in [4.69, 9.17) is 14.2 Å². The lowest BCUT2D eigenvalue weighted by Gasteiger charge is -2.18. The summed E-state index contributed by atoms with van der Waals surface area (Å²) in [6, 6.07) is 21.6. The summed E-state index contributed by atoms with van der Waals surface area (Å²) < 4.78 is 16.7. The van der Waals surface area contributed by atoms with Crippen molar-refractivity contribution < 1.29 is 23.8 Å². The van der Waals surface area contributed by atoms with Gasteiger partial charge in [0.25, 0.3) is 0 Å². The molecule has 5 heteroatoms. The molecule has 0 bridgehead atoms. The molecule has 0 aliphatic carbocycles. The Kier molecular flexibility index (Phi) is 10.1. The van der Waals surface area contributed by atoms with Gasteiger partial charge in [-0.15, -0.1) is 0 Å². The largest absolute Gasteiger partial charge is 0.494 e. The predicted octanol–water partition coefficient (Wildman–Crippen LogP) is 7.73. The molecular weight excluding hydrogens is 452 g/mol. The highest BCUT2D eigenvalue weighted by Crippen LogP contribution is 2.24. The summed E-state index contributed by atoms with van der Waals surface area (Å²) in [5.74, 6) is 1.04. The van der Waals surface area contributed by atoms with Crippen molar-refractivity contribution in [2.24, 2.45) is 5.92 Å². The Labute approximate surface area is 214 Å². The van der Waals surface area contributed by atoms with Crippen LogP contribution in [0.15, 0.2) is 72.8 Å². The van der Waals surface area contributed by atoms with Crippen LogP contribution in [0.4, 0.5) is 0 Å². The fourth-order valence-corrected chi connectivity index (χ4v) is 3.98. The van der Waals surface area contributed by atoms with E-state index < -0.39 is 5.97 Å². The Hall–Kier alpha value is -3.60. The van der Waals surface area contributed by atoms with Crippen molar-refractivity contribution in [1.29, 1.82) is 0 Å². The normalized spacial score (nSPS) is 11.7. The first-order valence-electron chi connectivity index (χ1n) is 12.8. The van der Waals surface area contributed by atoms with Gasteiger partial charge in [0, 0.05) is 0 Å². The van der Waals surface area contributed by atoms with Crippen LogP contribution in [-0.4, -0.2) is 24.6 Å². The van der Waals surface area contributed by atoms with E-state index in [9.17, 15) is 9.59 Å². The van der Waals surface area contributed by atoms with E-state index in [-0.39, 0.29) is 12.1 Å². The van der Waals surface area contributed by atoms with Gasteiger partial charge in [-0.3, -0.25) is 0 Å². The third kappa shape index (κ3) is 7.70. The van der Waals surface area contributed by atoms with Gasteiger partial charge in [-0.2, -0.15) is 0 Å². The first-order chi connectivity index (χ1) is 17.4. The van der Waals surface area contributed by atoms with Crippen molar-refractivity contribution in [1.82, 2.24) is 0 Å². The van der Waals surface area contributed by atoms with Gasteiger partial charge in [-0.25, -0.2) is 9.59 Å². The van der Waals surface area contributed by atoms with Gasteiger partial charge in [-0.1, -0.05) is 57.9 Å². The summed E-state index contributed by atoms with van der Waals surface area (Å²) in [6.07, 6.45) is 3.88. The van der Waals surface area contributed by atoms with E-state index in [1.807, 2.05) is 38.1 Å². The molecule has 3 aromatic rings. The second-order valence-electron chi connectivity index (χ2n) is 9.00. The lowest BCUT2D eigenvalue weighted by atomic mass is 9.97. The topological polar surface area (TPSA) is 61.8 Å². The number of carbonyl (C=O) groups is 2. The monoisotopic (exact) mass is 488 g/mol. The Balaban J connectivity index is 1.56. The highest BCUT2D eigenvalue weighted by atomic mass is 16.5. The van der Waals surface area contributed by atoms with Crippen LogP contribution in [0.5, 0.6) is 11.5 Å². The molecule has 3 rings (SSSR count). The van der Waals surface area contributed by atoms with Crippen LogP contribution in [0.25, 0.3) is 11.1 Å². The van der Waals surface area contributed by atoms with E-state index in [1.165, 1.54) is 0 Å². The molecule has 190 valence electrons. The zero-order chi connectivity index (χ0) is 25.9. The maximum Gasteiger partial charge on any atom is 0.343 e. The number of hydrogen-bond donors (Lipinski definition) is 0. The smallest absolute Gasteiger partial charge is 0.343 e. The molecule has 3 aromatic carbocycles. The summed E-state index contributed by atoms with van der Waals surface area (Å²) in [6.45, 7) is 8.97. The van der Waals surface area contributed by atoms with Crippen LogP contribution < -0.4 is 9.47 Å². The van der Waals surface area contributed by atoms with E-state index in [0.29, 0.717) is 29.4 Å². The van der Waals surface area contributed by atoms with Crippen LogP contribution in [0, 0.1) is 5.92 Å². The highest BCUT2D eigenvalue weighted by Gasteiger charge is 2.16. The Bertz CT molecular complexity index is 1100. The number of carbonyl (C=O) groups excluding carboxylic acids is 2. The molecule has 5 nitrogen and oxygen atoms in total. The van der Waals surface area contributed by atoms with Crippen LogP contribution in [0.1, 0.15) is 74.1 Å². The third-order valence-electron chi connectivity index (χ3n) is 6.21. The average Bonchev–Trinajstić information content (AvgIpc) is 2.91. The summed E-state index contributed by atoms with van der Waals surface area (Å²) in [7, 11) is 0. The second kappa shape index (κ2) is 13.5. The molecular formula is C31H36O5. The average molecular weight is 489 g/mol. The van der Waals surface area contributed by atoms with Crippen LogP contribution in [0.3, 0.4) is 0 Å². The molecule has 1 unspecified atom stereocenters. The van der Waals surface area contributed by atoms with Gasteiger partial charge in [0.2, 0.25) is 0 Å². The molecule has 0 aliphatic rings. The van der Waals surface area contributed by atoms with Gasteiger partial charge in [0.05, 0.1) is 23.8 Å². The van der Waals surface area contributed by atoms with Crippen LogP contribution in [0.2, 0.25) is 0 Å². The van der Waals surface area contributed by atoms with Crippen LogP contribution >= 0.6 is 0 Å². The summed E-state index contributed by atoms with van der Waals surface area (Å²) in [5, 5.41) is 0. The number of esters is 2. The van der Waals surface area contributed by atoms with Gasteiger partial charge in [0.1, 0.15) is 11.5 Å². The summed E-state index contributed by atoms with van der Waals surface area (Å²) in [5.41, 5.74) is 2.90. The first kappa shape index (κ1) is 27.0. The standard InChI is InChI=1S/C31H36O5/c1-5-20-34-28-16-14-27(15-17-28)31(33)36-29-18-12-25(13-19-29)24-8-10-26(11-9-24)30(32)35-22(4)21-23(6-2)7-3/h8-19,22-23H,5-7,20-21H2,1-4H3. The predicted molar refractivity (Wildman–Crippen MR) is 143 cm³/mol. The molecule has 0 fully saturated rings. The summed E-state index contributed by atoms with van der Waals surface area (Å²) >= 11 is 0. The van der Waals surface area contributed by atoms with Crippen molar-refractivity contribution in [2.75, 3.05) is 6.61 Å². The van der Waals surface area contributed by atoms with Gasteiger partial charge in [-0.05, 0) is 85.3 Å². The minimum Gasteiger partial charge on any atom is -0.494 e. The third-order valence-corrected chi connectivity index (χ3v) is 6.21. The molecule has 0 aromatic heterocycles. The minimum atomic E-state index is -0.425. The number of rotatable bonds is 12. The van der Waals surface area contributed by atoms with Crippen molar-refractivity contribution in [3.05, 3.63) is 83.9 Å². The molecule has 0 radical (unpaired) electrons. The molecule has 0 saturated carbocycles. The van der Waals surface area contributed by atoms with E-state index in [0.717, 1.165) is 42.6 Å². The second-order valence-corrected chi connectivity index (χ2v) is 9.00. The molecule has 0 spiro atoms. The van der Waals surface area contributed by atoms with Crippen molar-refractivity contribution in [3.63, 3.8) is 0 Å². The van der Waals surface area contributed by atoms with Crippen molar-refractivity contribution >= 4 is 11.9 Å². The maximum atomic E-state index is 12.5. The van der Waals surface area contributed by atoms with Gasteiger partial charge >= 0.3 is 11.9 Å². The molecule has 36 heavy (non-hydrogen) atoms. The SMILES string of the molecule is CCCOc1ccc(C(=O)Oc2ccc(-c3ccc(C(=O)OC(C)CC(CC)CC)cc3)cc2)cc1. The van der Waals surface area contributed by atoms with E-state index in [2.05, 4.69) is 13.8 Å². The summed E-state index contributed by atoms with van der Waals surface area (Å²) in [4.78, 5) is 25.0. The van der Waals surface area contributed by atoms with E-state index in [1.54, 1.807) is 48.5 Å². The Morgan fingerprint density at radius 3 is 1.75 bits per heavy atom. The molecule has 0 saturated heterocycles. The fourth-order valence-electron chi connectivity index (χ4n) is 3.98. The quantitative estimate of drug-likeness (QED) is 0.193. The Morgan fingerprint density at radius 1 is 0.694 bits per heavy atom. The van der Waals surface area contributed by atoms with Crippen molar-refractivity contribution in [3.8, 4) is 22.6 Å². The number of ether oxygens (including phenoxy) is 3. The molecule has 0 heterocycles. The highest BCUT2D eigenvalue weighted by molar-refractivity contribution is 5.91. The molecule has 1 atom stereocenters. The maximum absolute atomic E-state index is 12.5.